The third kappa shape index (κ3) is 1.60. The summed E-state index contributed by atoms with van der Waals surface area (Å²) in [5, 5.41) is 13.1. The Labute approximate surface area is 66.7 Å². The maximum atomic E-state index is 8.86. The molecule has 0 aliphatic heterocycles. The summed E-state index contributed by atoms with van der Waals surface area (Å²) in [6.07, 6.45) is 0. The van der Waals surface area contributed by atoms with E-state index in [1.165, 1.54) is 0 Å². The second-order valence-corrected chi connectivity index (χ2v) is 2.90. The van der Waals surface area contributed by atoms with Crippen molar-refractivity contribution in [2.75, 3.05) is 6.61 Å². The molecule has 0 saturated heterocycles. The largest absolute Gasteiger partial charge is 0.394 e. The van der Waals surface area contributed by atoms with E-state index >= 15 is 0 Å². The van der Waals surface area contributed by atoms with E-state index in [1.807, 2.05) is 31.5 Å². The van der Waals surface area contributed by atoms with E-state index in [4.69, 9.17) is 5.11 Å². The van der Waals surface area contributed by atoms with Crippen LogP contribution >= 0.6 is 0 Å². The van der Waals surface area contributed by atoms with Crippen molar-refractivity contribution in [1.29, 1.82) is 0 Å². The monoisotopic (exact) mass is 154 g/mol. The predicted molar refractivity (Wildman–Crippen MR) is 43.5 cm³/mol. The fraction of sp³-hybridized carbons (Fsp3) is 0.625. The van der Waals surface area contributed by atoms with Gasteiger partial charge in [-0.05, 0) is 26.8 Å². The van der Waals surface area contributed by atoms with Gasteiger partial charge in [0.1, 0.15) is 0 Å². The normalized spacial score (nSPS) is 13.5. The fourth-order valence-electron chi connectivity index (χ4n) is 1.17. The zero-order valence-electron chi connectivity index (χ0n) is 7.20. The highest BCUT2D eigenvalue weighted by atomic mass is 16.3. The van der Waals surface area contributed by atoms with E-state index in [0.29, 0.717) is 0 Å². The molecule has 1 N–H and O–H groups in total. The van der Waals surface area contributed by atoms with Crippen LogP contribution in [0.25, 0.3) is 0 Å². The molecule has 0 bridgehead atoms. The van der Waals surface area contributed by atoms with Gasteiger partial charge in [0.15, 0.2) is 0 Å². The van der Waals surface area contributed by atoms with Gasteiger partial charge in [-0.25, -0.2) is 0 Å². The summed E-state index contributed by atoms with van der Waals surface area (Å²) in [5.74, 6) is 0. The van der Waals surface area contributed by atoms with E-state index < -0.39 is 0 Å². The predicted octanol–water partition coefficient (Wildman–Crippen LogP) is 1.05. The van der Waals surface area contributed by atoms with Crippen LogP contribution in [-0.4, -0.2) is 21.5 Å². The van der Waals surface area contributed by atoms with Gasteiger partial charge in [0.2, 0.25) is 0 Å². The Kier molecular flexibility index (Phi) is 2.29. The van der Waals surface area contributed by atoms with Crippen LogP contribution in [-0.2, 0) is 0 Å². The number of aromatic nitrogens is 2. The van der Waals surface area contributed by atoms with Crippen LogP contribution in [0.1, 0.15) is 24.4 Å². The van der Waals surface area contributed by atoms with Crippen molar-refractivity contribution >= 4 is 0 Å². The Balaban J connectivity index is 2.93. The molecule has 0 saturated carbocycles. The lowest BCUT2D eigenvalue weighted by Gasteiger charge is -2.09. The van der Waals surface area contributed by atoms with Crippen molar-refractivity contribution in [3.05, 3.63) is 17.5 Å². The Bertz CT molecular complexity index is 242. The molecule has 1 heterocycles. The molecule has 0 aliphatic rings. The van der Waals surface area contributed by atoms with Gasteiger partial charge in [0.05, 0.1) is 18.3 Å². The van der Waals surface area contributed by atoms with Gasteiger partial charge in [-0.3, -0.25) is 4.68 Å². The summed E-state index contributed by atoms with van der Waals surface area (Å²) in [5.41, 5.74) is 2.10. The number of hydrogen-bond acceptors (Lipinski definition) is 2. The smallest absolute Gasteiger partial charge is 0.0724 e. The number of aliphatic hydroxyl groups excluding tert-OH is 1. The molecule has 0 aromatic carbocycles. The molecule has 1 atom stereocenters. The van der Waals surface area contributed by atoms with E-state index in [2.05, 4.69) is 5.10 Å². The summed E-state index contributed by atoms with van der Waals surface area (Å²) in [6.45, 7) is 6.03. The second kappa shape index (κ2) is 3.05. The molecule has 1 rings (SSSR count). The minimum Gasteiger partial charge on any atom is -0.394 e. The molecule has 62 valence electrons. The highest BCUT2D eigenvalue weighted by Gasteiger charge is 2.06. The molecule has 3 nitrogen and oxygen atoms in total. The molecule has 0 aliphatic carbocycles. The molecule has 0 amide bonds. The third-order valence-electron chi connectivity index (χ3n) is 1.73. The maximum Gasteiger partial charge on any atom is 0.0724 e. The van der Waals surface area contributed by atoms with Crippen LogP contribution in [0.15, 0.2) is 6.07 Å². The van der Waals surface area contributed by atoms with Gasteiger partial charge >= 0.3 is 0 Å². The Morgan fingerprint density at radius 3 is 2.64 bits per heavy atom. The average molecular weight is 154 g/mol. The first-order valence-corrected chi connectivity index (χ1v) is 3.78. The van der Waals surface area contributed by atoms with Crippen LogP contribution in [0.4, 0.5) is 0 Å². The summed E-state index contributed by atoms with van der Waals surface area (Å²) >= 11 is 0. The van der Waals surface area contributed by atoms with E-state index in [-0.39, 0.29) is 12.6 Å². The standard InChI is InChI=1S/C8H14N2O/c1-6-4-7(2)10(9-6)8(3)5-11/h4,8,11H,5H2,1-3H3/t8-/m0/s1. The number of nitrogens with zero attached hydrogens (tertiary/aromatic N) is 2. The first-order valence-electron chi connectivity index (χ1n) is 3.78. The molecular weight excluding hydrogens is 140 g/mol. The molecule has 11 heavy (non-hydrogen) atoms. The van der Waals surface area contributed by atoms with Gasteiger partial charge in [0, 0.05) is 5.69 Å². The summed E-state index contributed by atoms with van der Waals surface area (Å²) in [6, 6.07) is 2.09. The van der Waals surface area contributed by atoms with Crippen LogP contribution in [0, 0.1) is 13.8 Å². The lowest BCUT2D eigenvalue weighted by molar-refractivity contribution is 0.227. The summed E-state index contributed by atoms with van der Waals surface area (Å²) < 4.78 is 1.84. The highest BCUT2D eigenvalue weighted by molar-refractivity contribution is 5.07. The lowest BCUT2D eigenvalue weighted by Crippen LogP contribution is -2.12. The maximum absolute atomic E-state index is 8.86. The zero-order chi connectivity index (χ0) is 8.43. The molecule has 0 spiro atoms. The van der Waals surface area contributed by atoms with Crippen molar-refractivity contribution < 1.29 is 5.11 Å². The molecule has 1 aromatic rings. The molecular formula is C8H14N2O. The number of rotatable bonds is 2. The van der Waals surface area contributed by atoms with Crippen molar-refractivity contribution in [3.63, 3.8) is 0 Å². The Morgan fingerprint density at radius 1 is 1.64 bits per heavy atom. The van der Waals surface area contributed by atoms with E-state index in [9.17, 15) is 0 Å². The van der Waals surface area contributed by atoms with Crippen LogP contribution in [0.3, 0.4) is 0 Å². The fourth-order valence-corrected chi connectivity index (χ4v) is 1.17. The van der Waals surface area contributed by atoms with Gasteiger partial charge in [-0.15, -0.1) is 0 Å². The minimum absolute atomic E-state index is 0.0868. The number of aryl methyl sites for hydroxylation is 2. The second-order valence-electron chi connectivity index (χ2n) is 2.90. The molecule has 0 unspecified atom stereocenters. The molecule has 0 radical (unpaired) electrons. The lowest BCUT2D eigenvalue weighted by atomic mass is 10.3. The van der Waals surface area contributed by atoms with Crippen molar-refractivity contribution in [1.82, 2.24) is 9.78 Å². The van der Waals surface area contributed by atoms with Crippen LogP contribution in [0.2, 0.25) is 0 Å². The van der Waals surface area contributed by atoms with Gasteiger partial charge in [0.25, 0.3) is 0 Å². The first-order chi connectivity index (χ1) is 5.15. The molecule has 3 heteroatoms. The Hall–Kier alpha value is -0.830. The zero-order valence-corrected chi connectivity index (χ0v) is 7.20. The SMILES string of the molecule is Cc1cc(C)n([C@@H](C)CO)n1. The van der Waals surface area contributed by atoms with Crippen LogP contribution in [0.5, 0.6) is 0 Å². The average Bonchev–Trinajstić information content (AvgIpc) is 2.28. The van der Waals surface area contributed by atoms with Crippen LogP contribution < -0.4 is 0 Å². The van der Waals surface area contributed by atoms with E-state index in [0.717, 1.165) is 11.4 Å². The number of hydrogen-bond donors (Lipinski definition) is 1. The molecule has 0 fully saturated rings. The van der Waals surface area contributed by atoms with Gasteiger partial charge in [-0.1, -0.05) is 0 Å². The third-order valence-corrected chi connectivity index (χ3v) is 1.73. The number of aliphatic hydroxyl groups is 1. The minimum atomic E-state index is 0.0868. The summed E-state index contributed by atoms with van der Waals surface area (Å²) in [7, 11) is 0. The quantitative estimate of drug-likeness (QED) is 0.691. The summed E-state index contributed by atoms with van der Waals surface area (Å²) in [4.78, 5) is 0. The Morgan fingerprint density at radius 2 is 2.27 bits per heavy atom. The van der Waals surface area contributed by atoms with Crippen molar-refractivity contribution in [2.45, 2.75) is 26.8 Å². The van der Waals surface area contributed by atoms with Gasteiger partial charge in [-0.2, -0.15) is 5.10 Å². The van der Waals surface area contributed by atoms with Crippen molar-refractivity contribution in [3.8, 4) is 0 Å². The topological polar surface area (TPSA) is 38.0 Å². The van der Waals surface area contributed by atoms with Gasteiger partial charge < -0.3 is 5.11 Å². The highest BCUT2D eigenvalue weighted by Crippen LogP contribution is 2.08. The first kappa shape index (κ1) is 8.27. The van der Waals surface area contributed by atoms with E-state index in [1.54, 1.807) is 0 Å². The molecule has 1 aromatic heterocycles. The van der Waals surface area contributed by atoms with Crippen molar-refractivity contribution in [2.24, 2.45) is 0 Å².